The van der Waals surface area contributed by atoms with E-state index in [9.17, 15) is 27.6 Å². The molecule has 2 aromatic carbocycles. The Labute approximate surface area is 277 Å². The van der Waals surface area contributed by atoms with Crippen molar-refractivity contribution in [3.8, 4) is 28.3 Å². The normalized spacial score (nSPS) is 12.8. The van der Waals surface area contributed by atoms with Gasteiger partial charge in [-0.05, 0) is 47.2 Å². The number of amides is 2. The highest BCUT2D eigenvalue weighted by molar-refractivity contribution is 5.99. The molecule has 254 valence electrons. The minimum absolute atomic E-state index is 0.0924. The Balaban J connectivity index is 1.72. The van der Waals surface area contributed by atoms with Crippen LogP contribution in [0.25, 0.3) is 22.5 Å². The molecule has 0 bridgehead atoms. The van der Waals surface area contributed by atoms with Gasteiger partial charge in [-0.25, -0.2) is 9.97 Å². The molecular formula is C36H39F3N4O5. The minimum atomic E-state index is -4.42. The average Bonchev–Trinajstić information content (AvgIpc) is 3.03. The molecule has 3 N–H and O–H groups in total. The lowest BCUT2D eigenvalue weighted by Crippen LogP contribution is -2.48. The Morgan fingerprint density at radius 2 is 1.54 bits per heavy atom. The van der Waals surface area contributed by atoms with Crippen LogP contribution >= 0.6 is 0 Å². The molecule has 2 amide bonds. The summed E-state index contributed by atoms with van der Waals surface area (Å²) >= 11 is 0. The fourth-order valence-electron chi connectivity index (χ4n) is 4.17. The molecule has 1 aromatic heterocycles. The largest absolute Gasteiger partial charge is 0.484 e. The highest BCUT2D eigenvalue weighted by Gasteiger charge is 2.28. The molecule has 9 nitrogen and oxygen atoms in total. The zero-order valence-electron chi connectivity index (χ0n) is 27.2. The number of carboxylic acids is 1. The first-order chi connectivity index (χ1) is 22.6. The molecule has 0 spiro atoms. The lowest BCUT2D eigenvalue weighted by atomic mass is 9.87. The van der Waals surface area contributed by atoms with Crippen LogP contribution in [0.5, 0.6) is 5.75 Å². The first-order valence-electron chi connectivity index (χ1n) is 15.1. The number of carbonyl (C=O) groups excluding carboxylic acids is 2. The number of hydrogen-bond donors (Lipinski definition) is 3. The van der Waals surface area contributed by atoms with Crippen molar-refractivity contribution in [2.45, 2.75) is 52.8 Å². The first-order valence-corrected chi connectivity index (χ1v) is 15.1. The standard InChI is InChI=1S/C36H39F3N4O5/c1-6-25(10-7-23(2)35(3,4)5)33(46)43-30(34(47)40-18-17-31(44)45)19-24-8-11-27(12-9-24)32-41-20-28(21-42-32)26-13-15-29(16-14-26)48-22-36(37,38)39/h6-16,20-21,30H,2,17-19,22H2,1,3-5H3,(H,40,47)(H,43,46)(H,44,45)/b10-7-,25-6+/t30-/m0/s1. The van der Waals surface area contributed by atoms with Crippen LogP contribution in [0.15, 0.2) is 96.9 Å². The number of aromatic nitrogens is 2. The van der Waals surface area contributed by atoms with Crippen LogP contribution in [0.4, 0.5) is 13.2 Å². The predicted molar refractivity (Wildman–Crippen MR) is 177 cm³/mol. The fraction of sp³-hybridized carbons (Fsp3) is 0.306. The van der Waals surface area contributed by atoms with Gasteiger partial charge in [0.05, 0.1) is 6.42 Å². The van der Waals surface area contributed by atoms with Crippen LogP contribution in [0.3, 0.4) is 0 Å². The van der Waals surface area contributed by atoms with E-state index in [0.29, 0.717) is 28.1 Å². The molecular weight excluding hydrogens is 625 g/mol. The lowest BCUT2D eigenvalue weighted by molar-refractivity contribution is -0.153. The molecule has 12 heteroatoms. The third-order valence-corrected chi connectivity index (χ3v) is 7.15. The van der Waals surface area contributed by atoms with E-state index in [2.05, 4.69) is 27.2 Å². The van der Waals surface area contributed by atoms with Gasteiger partial charge in [-0.1, -0.05) is 75.9 Å². The van der Waals surface area contributed by atoms with Crippen molar-refractivity contribution < 1.29 is 37.4 Å². The second-order valence-electron chi connectivity index (χ2n) is 11.9. The lowest BCUT2D eigenvalue weighted by Gasteiger charge is -2.20. The maximum Gasteiger partial charge on any atom is 0.422 e. The summed E-state index contributed by atoms with van der Waals surface area (Å²) in [6.45, 7) is 10.3. The van der Waals surface area contributed by atoms with Gasteiger partial charge in [0, 0.05) is 42.1 Å². The van der Waals surface area contributed by atoms with E-state index in [-0.39, 0.29) is 30.6 Å². The van der Waals surface area contributed by atoms with Crippen molar-refractivity contribution in [1.29, 1.82) is 0 Å². The third kappa shape index (κ3) is 11.8. The van der Waals surface area contributed by atoms with Gasteiger partial charge in [0.25, 0.3) is 5.91 Å². The number of allylic oxidation sites excluding steroid dienone is 3. The average molecular weight is 665 g/mol. The molecule has 1 heterocycles. The number of rotatable bonds is 14. The Hall–Kier alpha value is -5.26. The van der Waals surface area contributed by atoms with Gasteiger partial charge in [-0.2, -0.15) is 13.2 Å². The summed E-state index contributed by atoms with van der Waals surface area (Å²) < 4.78 is 41.9. The van der Waals surface area contributed by atoms with Gasteiger partial charge < -0.3 is 20.5 Å². The van der Waals surface area contributed by atoms with E-state index in [1.165, 1.54) is 12.1 Å². The molecule has 1 atom stereocenters. The van der Waals surface area contributed by atoms with Crippen LogP contribution in [0.1, 0.15) is 39.7 Å². The molecule has 0 saturated carbocycles. The molecule has 3 rings (SSSR count). The van der Waals surface area contributed by atoms with Crippen molar-refractivity contribution in [1.82, 2.24) is 20.6 Å². The van der Waals surface area contributed by atoms with E-state index >= 15 is 0 Å². The van der Waals surface area contributed by atoms with Gasteiger partial charge in [-0.15, -0.1) is 0 Å². The number of carboxylic acid groups (broad SMARTS) is 1. The van der Waals surface area contributed by atoms with Crippen LogP contribution in [-0.2, 0) is 20.8 Å². The molecule has 0 unspecified atom stereocenters. The molecule has 0 aliphatic carbocycles. The molecule has 0 saturated heterocycles. The second-order valence-corrected chi connectivity index (χ2v) is 11.9. The van der Waals surface area contributed by atoms with E-state index < -0.39 is 36.6 Å². The van der Waals surface area contributed by atoms with E-state index in [1.807, 2.05) is 20.8 Å². The van der Waals surface area contributed by atoms with Crippen molar-refractivity contribution >= 4 is 17.8 Å². The number of benzene rings is 2. The summed E-state index contributed by atoms with van der Waals surface area (Å²) in [6, 6.07) is 12.2. The van der Waals surface area contributed by atoms with Gasteiger partial charge in [0.1, 0.15) is 11.8 Å². The maximum absolute atomic E-state index is 13.2. The summed E-state index contributed by atoms with van der Waals surface area (Å²) in [4.78, 5) is 46.0. The van der Waals surface area contributed by atoms with Crippen LogP contribution < -0.4 is 15.4 Å². The number of halogens is 3. The monoisotopic (exact) mass is 664 g/mol. The predicted octanol–water partition coefficient (Wildman–Crippen LogP) is 6.47. The Morgan fingerprint density at radius 1 is 0.938 bits per heavy atom. The number of aliphatic carboxylic acids is 1. The highest BCUT2D eigenvalue weighted by atomic mass is 19.4. The van der Waals surface area contributed by atoms with E-state index in [4.69, 9.17) is 9.84 Å². The van der Waals surface area contributed by atoms with Crippen molar-refractivity contribution in [3.05, 3.63) is 102 Å². The number of alkyl halides is 3. The Kier molecular flexibility index (Phi) is 12.8. The SMILES string of the molecule is C=C(/C=C\C(=C/C)C(=O)N[C@@H](Cc1ccc(-c2ncc(-c3ccc(OCC(F)(F)F)cc3)cn2)cc1)C(=O)NCCC(=O)O)C(C)(C)C. The van der Waals surface area contributed by atoms with Crippen LogP contribution in [0, 0.1) is 5.41 Å². The molecule has 0 radical (unpaired) electrons. The number of nitrogens with one attached hydrogen (secondary N) is 2. The van der Waals surface area contributed by atoms with Gasteiger partial charge in [0.2, 0.25) is 5.91 Å². The number of hydrogen-bond acceptors (Lipinski definition) is 6. The fourth-order valence-corrected chi connectivity index (χ4v) is 4.17. The topological polar surface area (TPSA) is 131 Å². The number of nitrogens with zero attached hydrogens (tertiary/aromatic N) is 2. The maximum atomic E-state index is 13.2. The number of ether oxygens (including phenoxy) is 1. The summed E-state index contributed by atoms with van der Waals surface area (Å²) in [7, 11) is 0. The zero-order chi connectivity index (χ0) is 35.5. The second kappa shape index (κ2) is 16.5. The van der Waals surface area contributed by atoms with Crippen LogP contribution in [0.2, 0.25) is 0 Å². The van der Waals surface area contributed by atoms with E-state index in [1.54, 1.807) is 73.9 Å². The highest BCUT2D eigenvalue weighted by Crippen LogP contribution is 2.26. The van der Waals surface area contributed by atoms with Crippen LogP contribution in [-0.4, -0.2) is 58.2 Å². The first kappa shape index (κ1) is 37.2. The quantitative estimate of drug-likeness (QED) is 0.133. The van der Waals surface area contributed by atoms with Gasteiger partial charge >= 0.3 is 12.1 Å². The summed E-state index contributed by atoms with van der Waals surface area (Å²) in [5, 5.41) is 14.3. The zero-order valence-corrected chi connectivity index (χ0v) is 27.2. The summed E-state index contributed by atoms with van der Waals surface area (Å²) in [5.74, 6) is -1.54. The van der Waals surface area contributed by atoms with Crippen molar-refractivity contribution in [2.75, 3.05) is 13.2 Å². The van der Waals surface area contributed by atoms with E-state index in [0.717, 1.165) is 11.1 Å². The molecule has 0 aliphatic heterocycles. The molecule has 3 aromatic rings. The molecule has 48 heavy (non-hydrogen) atoms. The van der Waals surface area contributed by atoms with Gasteiger partial charge in [-0.3, -0.25) is 14.4 Å². The minimum Gasteiger partial charge on any atom is -0.484 e. The molecule has 0 aliphatic rings. The Morgan fingerprint density at radius 3 is 2.08 bits per heavy atom. The third-order valence-electron chi connectivity index (χ3n) is 7.15. The summed E-state index contributed by atoms with van der Waals surface area (Å²) in [5.41, 5.74) is 3.73. The smallest absolute Gasteiger partial charge is 0.422 e. The number of carbonyl (C=O) groups is 3. The van der Waals surface area contributed by atoms with Gasteiger partial charge in [0.15, 0.2) is 12.4 Å². The summed E-state index contributed by atoms with van der Waals surface area (Å²) in [6.07, 6.45) is 3.66. The molecule has 0 fully saturated rings. The van der Waals surface area contributed by atoms with Crippen molar-refractivity contribution in [3.63, 3.8) is 0 Å². The van der Waals surface area contributed by atoms with Crippen molar-refractivity contribution in [2.24, 2.45) is 5.41 Å². The Bertz CT molecular complexity index is 1640.